The van der Waals surface area contributed by atoms with E-state index in [-0.39, 0.29) is 55.9 Å². The van der Waals surface area contributed by atoms with Crippen LogP contribution in [0.25, 0.3) is 0 Å². The fourth-order valence-electron chi connectivity index (χ4n) is 4.00. The Morgan fingerprint density at radius 3 is 2.85 bits per heavy atom. The van der Waals surface area contributed by atoms with Crippen molar-refractivity contribution < 1.29 is 18.4 Å². The summed E-state index contributed by atoms with van der Waals surface area (Å²) in [6.07, 6.45) is -1.48. The van der Waals surface area contributed by atoms with E-state index in [1.54, 1.807) is 6.92 Å². The van der Waals surface area contributed by atoms with E-state index in [0.717, 1.165) is 5.57 Å². The number of hydrogen-bond acceptors (Lipinski definition) is 5. The van der Waals surface area contributed by atoms with Crippen LogP contribution in [-0.2, 0) is 9.59 Å². The number of halogens is 2. The highest BCUT2D eigenvalue weighted by molar-refractivity contribution is 6.00. The highest BCUT2D eigenvalue weighted by atomic mass is 19.1. The zero-order chi connectivity index (χ0) is 19.6. The van der Waals surface area contributed by atoms with E-state index < -0.39 is 18.4 Å². The molecule has 0 aromatic carbocycles. The first kappa shape index (κ1) is 19.7. The molecule has 0 aliphatic carbocycles. The first-order valence-corrected chi connectivity index (χ1v) is 9.33. The van der Waals surface area contributed by atoms with Crippen LogP contribution in [0.1, 0.15) is 32.6 Å². The van der Waals surface area contributed by atoms with Crippen molar-refractivity contribution in [3.8, 4) is 6.07 Å². The summed E-state index contributed by atoms with van der Waals surface area (Å²) >= 11 is 0. The average Bonchev–Trinajstić information content (AvgIpc) is 2.64. The Hall–Kier alpha value is -2.05. The van der Waals surface area contributed by atoms with E-state index in [9.17, 15) is 18.4 Å². The minimum absolute atomic E-state index is 0.0431. The normalized spacial score (nSPS) is 36.4. The monoisotopic (exact) mass is 381 g/mol. The van der Waals surface area contributed by atoms with Crippen LogP contribution in [0.5, 0.6) is 0 Å². The maximum absolute atomic E-state index is 13.8. The topological polar surface area (TPSA) is 106 Å². The van der Waals surface area contributed by atoms with Crippen molar-refractivity contribution in [1.29, 1.82) is 5.26 Å². The molecule has 0 saturated carbocycles. The second-order valence-corrected chi connectivity index (χ2v) is 7.49. The van der Waals surface area contributed by atoms with Gasteiger partial charge in [0.05, 0.1) is 30.6 Å². The van der Waals surface area contributed by atoms with Crippen LogP contribution in [0.4, 0.5) is 8.78 Å². The average molecular weight is 381 g/mol. The minimum atomic E-state index is -1.36. The number of alkyl halides is 2. The molecule has 7 nitrogen and oxygen atoms in total. The van der Waals surface area contributed by atoms with Crippen LogP contribution in [-0.4, -0.2) is 61.4 Å². The molecule has 2 fully saturated rings. The smallest absolute Gasteiger partial charge is 0.248 e. The molecule has 0 aromatic rings. The van der Waals surface area contributed by atoms with Crippen LogP contribution in [0, 0.1) is 11.3 Å². The highest BCUT2D eigenvalue weighted by Crippen LogP contribution is 2.27. The summed E-state index contributed by atoms with van der Waals surface area (Å²) in [6.45, 7) is 1.91. The van der Waals surface area contributed by atoms with Crippen molar-refractivity contribution in [2.75, 3.05) is 13.1 Å². The van der Waals surface area contributed by atoms with E-state index in [1.807, 2.05) is 0 Å². The maximum Gasteiger partial charge on any atom is 0.248 e. The van der Waals surface area contributed by atoms with Crippen LogP contribution >= 0.6 is 0 Å². The van der Waals surface area contributed by atoms with Crippen LogP contribution in [0.2, 0.25) is 0 Å². The Balaban J connectivity index is 1.59. The molecule has 27 heavy (non-hydrogen) atoms. The number of nitriles is 1. The number of nitrogens with one attached hydrogen (secondary N) is 4. The molecule has 6 atom stereocenters. The molecule has 0 bridgehead atoms. The Bertz CT molecular complexity index is 677. The molecular formula is C18H25F2N5O2. The third-order valence-corrected chi connectivity index (χ3v) is 5.61. The van der Waals surface area contributed by atoms with Gasteiger partial charge in [-0.05, 0) is 25.3 Å². The first-order valence-electron chi connectivity index (χ1n) is 9.33. The summed E-state index contributed by atoms with van der Waals surface area (Å²) in [7, 11) is 0. The molecule has 0 aromatic heterocycles. The van der Waals surface area contributed by atoms with Gasteiger partial charge in [0, 0.05) is 31.1 Å². The summed E-state index contributed by atoms with van der Waals surface area (Å²) in [5.74, 6) is -0.664. The van der Waals surface area contributed by atoms with Gasteiger partial charge in [-0.2, -0.15) is 5.26 Å². The number of carbonyl (C=O) groups excluding carboxylic acids is 2. The summed E-state index contributed by atoms with van der Waals surface area (Å²) in [5.41, 5.74) is 1.13. The standard InChI is InChI=1S/C18H25F2N5O2/c1-9-12(18(27)25-14-3-2-11(6-21)24-17(9)14)5-16(26)23-8-15-13(20)4-10(19)7-22-15/h10-11,13-15,17,22,24H,2-5,7-8H2,1H3,(H,23,26)(H,25,27). The molecule has 3 heterocycles. The zero-order valence-electron chi connectivity index (χ0n) is 15.2. The van der Waals surface area contributed by atoms with Gasteiger partial charge >= 0.3 is 0 Å². The fourth-order valence-corrected chi connectivity index (χ4v) is 4.00. The van der Waals surface area contributed by atoms with Gasteiger partial charge in [-0.3, -0.25) is 14.9 Å². The predicted octanol–water partition coefficient (Wildman–Crippen LogP) is -0.0101. The van der Waals surface area contributed by atoms with Crippen molar-refractivity contribution in [2.24, 2.45) is 0 Å². The molecule has 148 valence electrons. The maximum atomic E-state index is 13.8. The number of rotatable bonds is 4. The van der Waals surface area contributed by atoms with Gasteiger partial charge in [0.2, 0.25) is 11.8 Å². The van der Waals surface area contributed by atoms with E-state index in [1.165, 1.54) is 0 Å². The molecule has 4 N–H and O–H groups in total. The molecule has 9 heteroatoms. The Morgan fingerprint density at radius 1 is 1.37 bits per heavy atom. The largest absolute Gasteiger partial charge is 0.354 e. The number of carbonyl (C=O) groups is 2. The lowest BCUT2D eigenvalue weighted by atomic mass is 9.83. The first-order chi connectivity index (χ1) is 12.9. The van der Waals surface area contributed by atoms with Crippen molar-refractivity contribution in [2.45, 2.75) is 69.1 Å². The summed E-state index contributed by atoms with van der Waals surface area (Å²) in [4.78, 5) is 24.7. The Kier molecular flexibility index (Phi) is 6.07. The SMILES string of the molecule is CC1=C(CC(=O)NCC2NCC(F)CC2F)C(=O)NC2CCC(C#N)NC12. The van der Waals surface area contributed by atoms with Gasteiger partial charge in [-0.25, -0.2) is 8.78 Å². The second-order valence-electron chi connectivity index (χ2n) is 7.49. The molecule has 3 rings (SSSR count). The lowest BCUT2D eigenvalue weighted by Crippen LogP contribution is -2.60. The number of piperidine rings is 2. The van der Waals surface area contributed by atoms with Crippen molar-refractivity contribution in [3.63, 3.8) is 0 Å². The summed E-state index contributed by atoms with van der Waals surface area (Å²) < 4.78 is 26.9. The number of fused-ring (bicyclic) bond motifs is 1. The van der Waals surface area contributed by atoms with Crippen LogP contribution in [0.15, 0.2) is 11.1 Å². The Labute approximate surface area is 156 Å². The Morgan fingerprint density at radius 2 is 2.15 bits per heavy atom. The third-order valence-electron chi connectivity index (χ3n) is 5.61. The molecule has 6 unspecified atom stereocenters. The number of nitrogens with zero attached hydrogens (tertiary/aromatic N) is 1. The number of hydrogen-bond donors (Lipinski definition) is 4. The second kappa shape index (κ2) is 8.31. The number of amides is 2. The fraction of sp³-hybridized carbons (Fsp3) is 0.722. The summed E-state index contributed by atoms with van der Waals surface area (Å²) in [6, 6.07) is 1.04. The van der Waals surface area contributed by atoms with E-state index >= 15 is 0 Å². The van der Waals surface area contributed by atoms with E-state index in [2.05, 4.69) is 27.3 Å². The molecule has 3 aliphatic heterocycles. The van der Waals surface area contributed by atoms with Gasteiger partial charge in [0.15, 0.2) is 0 Å². The van der Waals surface area contributed by atoms with Crippen LogP contribution in [0.3, 0.4) is 0 Å². The lowest BCUT2D eigenvalue weighted by Gasteiger charge is -2.40. The van der Waals surface area contributed by atoms with Crippen LogP contribution < -0.4 is 21.3 Å². The van der Waals surface area contributed by atoms with Crippen molar-refractivity contribution >= 4 is 11.8 Å². The predicted molar refractivity (Wildman–Crippen MR) is 94.0 cm³/mol. The lowest BCUT2D eigenvalue weighted by molar-refractivity contribution is -0.124. The molecule has 2 amide bonds. The summed E-state index contributed by atoms with van der Waals surface area (Å²) in [5, 5.41) is 20.6. The third kappa shape index (κ3) is 4.45. The molecule has 2 saturated heterocycles. The van der Waals surface area contributed by atoms with Gasteiger partial charge in [-0.1, -0.05) is 0 Å². The molecule has 0 radical (unpaired) electrons. The molecule has 3 aliphatic rings. The van der Waals surface area contributed by atoms with Gasteiger partial charge in [-0.15, -0.1) is 0 Å². The van der Waals surface area contributed by atoms with E-state index in [4.69, 9.17) is 5.26 Å². The van der Waals surface area contributed by atoms with E-state index in [0.29, 0.717) is 18.4 Å². The highest BCUT2D eigenvalue weighted by Gasteiger charge is 2.38. The van der Waals surface area contributed by atoms with Gasteiger partial charge < -0.3 is 16.0 Å². The molecular weight excluding hydrogens is 356 g/mol. The van der Waals surface area contributed by atoms with Crippen molar-refractivity contribution in [1.82, 2.24) is 21.3 Å². The van der Waals surface area contributed by atoms with Gasteiger partial charge in [0.1, 0.15) is 12.3 Å². The molecule has 0 spiro atoms. The van der Waals surface area contributed by atoms with Crippen molar-refractivity contribution in [3.05, 3.63) is 11.1 Å². The zero-order valence-corrected chi connectivity index (χ0v) is 15.2. The minimum Gasteiger partial charge on any atom is -0.354 e. The quantitative estimate of drug-likeness (QED) is 0.548. The van der Waals surface area contributed by atoms with Gasteiger partial charge in [0.25, 0.3) is 0 Å².